The molecule has 0 aromatic heterocycles. The van der Waals surface area contributed by atoms with Crippen molar-refractivity contribution >= 4 is 5.97 Å². The molecule has 0 amide bonds. The van der Waals surface area contributed by atoms with E-state index in [1.54, 1.807) is 0 Å². The van der Waals surface area contributed by atoms with Crippen molar-refractivity contribution in [1.29, 1.82) is 0 Å². The van der Waals surface area contributed by atoms with Gasteiger partial charge in [0.25, 0.3) is 0 Å². The van der Waals surface area contributed by atoms with E-state index in [1.807, 2.05) is 31.2 Å². The summed E-state index contributed by atoms with van der Waals surface area (Å²) >= 11 is 0. The van der Waals surface area contributed by atoms with Crippen LogP contribution in [0.4, 0.5) is 0 Å². The summed E-state index contributed by atoms with van der Waals surface area (Å²) < 4.78 is 4.98. The number of aryl methyl sites for hydroxylation is 1. The molecule has 0 heterocycles. The lowest BCUT2D eigenvalue weighted by atomic mass is 10.0. The van der Waals surface area contributed by atoms with Crippen LogP contribution in [-0.2, 0) is 11.2 Å². The van der Waals surface area contributed by atoms with E-state index in [0.29, 0.717) is 12.2 Å². The maximum atomic E-state index is 11.6. The Kier molecular flexibility index (Phi) is 8.27. The second-order valence-electron chi connectivity index (χ2n) is 5.83. The van der Waals surface area contributed by atoms with E-state index in [9.17, 15) is 4.79 Å². The van der Waals surface area contributed by atoms with Gasteiger partial charge in [-0.3, -0.25) is 0 Å². The molecule has 0 saturated heterocycles. The lowest BCUT2D eigenvalue weighted by Crippen LogP contribution is -2.04. The fourth-order valence-corrected chi connectivity index (χ4v) is 2.20. The van der Waals surface area contributed by atoms with Crippen molar-refractivity contribution in [1.82, 2.24) is 0 Å². The molecule has 2 nitrogen and oxygen atoms in total. The first-order valence-electron chi connectivity index (χ1n) is 8.08. The molecule has 0 aliphatic carbocycles. The molecule has 0 aliphatic heterocycles. The maximum absolute atomic E-state index is 11.6. The van der Waals surface area contributed by atoms with Crippen LogP contribution in [0, 0.1) is 0 Å². The number of ether oxygens (including phenoxy) is 1. The van der Waals surface area contributed by atoms with Gasteiger partial charge in [0.05, 0.1) is 12.2 Å². The van der Waals surface area contributed by atoms with Crippen LogP contribution < -0.4 is 0 Å². The van der Waals surface area contributed by atoms with Gasteiger partial charge in [-0.05, 0) is 71.1 Å². The van der Waals surface area contributed by atoms with Crippen molar-refractivity contribution in [2.45, 2.75) is 53.4 Å². The number of esters is 1. The molecular weight excluding hydrogens is 272 g/mol. The molecule has 120 valence electrons. The van der Waals surface area contributed by atoms with Gasteiger partial charge in [-0.2, -0.15) is 0 Å². The van der Waals surface area contributed by atoms with E-state index in [-0.39, 0.29) is 5.97 Å². The predicted molar refractivity (Wildman–Crippen MR) is 93.1 cm³/mol. The Labute approximate surface area is 134 Å². The Morgan fingerprint density at radius 2 is 1.73 bits per heavy atom. The van der Waals surface area contributed by atoms with Crippen LogP contribution in [0.5, 0.6) is 0 Å². The number of hydrogen-bond acceptors (Lipinski definition) is 2. The van der Waals surface area contributed by atoms with Crippen LogP contribution >= 0.6 is 0 Å². The minimum atomic E-state index is -0.246. The third-order valence-electron chi connectivity index (χ3n) is 3.48. The van der Waals surface area contributed by atoms with Crippen molar-refractivity contribution in [3.63, 3.8) is 0 Å². The number of hydrogen-bond donors (Lipinski definition) is 0. The summed E-state index contributed by atoms with van der Waals surface area (Å²) in [6, 6.07) is 7.72. The molecule has 0 spiro atoms. The van der Waals surface area contributed by atoms with Gasteiger partial charge in [-0.1, -0.05) is 35.4 Å². The van der Waals surface area contributed by atoms with Gasteiger partial charge in [-0.25, -0.2) is 4.79 Å². The molecule has 1 rings (SSSR count). The molecule has 0 unspecified atom stereocenters. The van der Waals surface area contributed by atoms with Crippen molar-refractivity contribution in [3.8, 4) is 0 Å². The molecule has 0 aliphatic rings. The smallest absolute Gasteiger partial charge is 0.338 e. The van der Waals surface area contributed by atoms with Crippen LogP contribution in [0.2, 0.25) is 0 Å². The molecule has 22 heavy (non-hydrogen) atoms. The second-order valence-corrected chi connectivity index (χ2v) is 5.83. The lowest BCUT2D eigenvalue weighted by molar-refractivity contribution is 0.0526. The molecule has 1 aromatic rings. The van der Waals surface area contributed by atoms with Crippen molar-refractivity contribution < 1.29 is 9.53 Å². The third kappa shape index (κ3) is 7.26. The highest BCUT2D eigenvalue weighted by Gasteiger charge is 2.05. The Bertz CT molecular complexity index is 517. The zero-order valence-corrected chi connectivity index (χ0v) is 14.3. The second kappa shape index (κ2) is 9.99. The van der Waals surface area contributed by atoms with Gasteiger partial charge in [-0.15, -0.1) is 0 Å². The minimum absolute atomic E-state index is 0.246. The zero-order valence-electron chi connectivity index (χ0n) is 14.3. The number of benzene rings is 1. The quantitative estimate of drug-likeness (QED) is 0.469. The zero-order chi connectivity index (χ0) is 16.4. The van der Waals surface area contributed by atoms with Crippen LogP contribution in [0.3, 0.4) is 0 Å². The average Bonchev–Trinajstić information content (AvgIpc) is 2.48. The first-order chi connectivity index (χ1) is 10.5. The third-order valence-corrected chi connectivity index (χ3v) is 3.48. The topological polar surface area (TPSA) is 26.3 Å². The molecule has 0 radical (unpaired) electrons. The average molecular weight is 300 g/mol. The Morgan fingerprint density at radius 1 is 1.05 bits per heavy atom. The highest BCUT2D eigenvalue weighted by molar-refractivity contribution is 5.89. The predicted octanol–water partition coefficient (Wildman–Crippen LogP) is 5.49. The Hall–Kier alpha value is -1.83. The van der Waals surface area contributed by atoms with E-state index in [1.165, 1.54) is 16.7 Å². The fourth-order valence-electron chi connectivity index (χ4n) is 2.20. The van der Waals surface area contributed by atoms with Crippen LogP contribution in [0.25, 0.3) is 0 Å². The highest BCUT2D eigenvalue weighted by Crippen LogP contribution is 2.11. The normalized spacial score (nSPS) is 11.2. The molecule has 0 N–H and O–H groups in total. The number of carbonyl (C=O) groups excluding carboxylic acids is 1. The van der Waals surface area contributed by atoms with Crippen LogP contribution in [0.1, 0.15) is 62.9 Å². The number of allylic oxidation sites excluding steroid dienone is 4. The fraction of sp³-hybridized carbons (Fsp3) is 0.450. The SMILES string of the molecule is CCOC(=O)c1ccc(CC/C=C(\C)CCC=C(C)C)cc1. The van der Waals surface area contributed by atoms with Gasteiger partial charge >= 0.3 is 5.97 Å². The summed E-state index contributed by atoms with van der Waals surface area (Å²) in [5.74, 6) is -0.246. The van der Waals surface area contributed by atoms with E-state index >= 15 is 0 Å². The van der Waals surface area contributed by atoms with Gasteiger partial charge in [0.15, 0.2) is 0 Å². The number of carbonyl (C=O) groups is 1. The van der Waals surface area contributed by atoms with Gasteiger partial charge in [0.1, 0.15) is 0 Å². The minimum Gasteiger partial charge on any atom is -0.462 e. The summed E-state index contributed by atoms with van der Waals surface area (Å²) in [6.45, 7) is 8.71. The highest BCUT2D eigenvalue weighted by atomic mass is 16.5. The Balaban J connectivity index is 2.41. The molecule has 0 saturated carbocycles. The molecule has 0 bridgehead atoms. The van der Waals surface area contributed by atoms with Crippen molar-refractivity contribution in [2.75, 3.05) is 6.61 Å². The van der Waals surface area contributed by atoms with E-state index in [2.05, 4.69) is 32.9 Å². The summed E-state index contributed by atoms with van der Waals surface area (Å²) in [6.07, 6.45) is 8.90. The molecular formula is C20H28O2. The van der Waals surface area contributed by atoms with Crippen molar-refractivity contribution in [3.05, 3.63) is 58.7 Å². The first kappa shape index (κ1) is 18.2. The molecule has 0 fully saturated rings. The maximum Gasteiger partial charge on any atom is 0.338 e. The molecule has 1 aromatic carbocycles. The summed E-state index contributed by atoms with van der Waals surface area (Å²) in [5, 5.41) is 0. The Morgan fingerprint density at radius 3 is 2.32 bits per heavy atom. The first-order valence-corrected chi connectivity index (χ1v) is 8.08. The number of rotatable bonds is 8. The molecule has 2 heteroatoms. The van der Waals surface area contributed by atoms with E-state index < -0.39 is 0 Å². The summed E-state index contributed by atoms with van der Waals surface area (Å²) in [4.78, 5) is 11.6. The van der Waals surface area contributed by atoms with Gasteiger partial charge in [0, 0.05) is 0 Å². The summed E-state index contributed by atoms with van der Waals surface area (Å²) in [7, 11) is 0. The standard InChI is InChI=1S/C20H28O2/c1-5-22-20(21)19-14-12-18(13-15-19)11-7-10-17(4)9-6-8-16(2)3/h8,10,12-15H,5-7,9,11H2,1-4H3/b17-10+. The van der Waals surface area contributed by atoms with E-state index in [0.717, 1.165) is 25.7 Å². The van der Waals surface area contributed by atoms with Gasteiger partial charge in [0.2, 0.25) is 0 Å². The lowest BCUT2D eigenvalue weighted by Gasteiger charge is -2.04. The van der Waals surface area contributed by atoms with Crippen LogP contribution in [-0.4, -0.2) is 12.6 Å². The summed E-state index contributed by atoms with van der Waals surface area (Å²) in [5.41, 5.74) is 4.70. The van der Waals surface area contributed by atoms with E-state index in [4.69, 9.17) is 4.74 Å². The molecule has 0 atom stereocenters. The van der Waals surface area contributed by atoms with Crippen LogP contribution in [0.15, 0.2) is 47.6 Å². The van der Waals surface area contributed by atoms with Gasteiger partial charge < -0.3 is 4.74 Å². The monoisotopic (exact) mass is 300 g/mol. The largest absolute Gasteiger partial charge is 0.462 e. The van der Waals surface area contributed by atoms with Crippen molar-refractivity contribution in [2.24, 2.45) is 0 Å².